The van der Waals surface area contributed by atoms with Gasteiger partial charge in [0.2, 0.25) is 0 Å². The smallest absolute Gasteiger partial charge is 0.319 e. The molecule has 0 atom stereocenters. The lowest BCUT2D eigenvalue weighted by atomic mass is 9.96. The predicted molar refractivity (Wildman–Crippen MR) is 96.8 cm³/mol. The summed E-state index contributed by atoms with van der Waals surface area (Å²) in [5.74, 6) is 3.32. The van der Waals surface area contributed by atoms with E-state index < -0.39 is 0 Å². The number of hydrogen-bond donors (Lipinski definition) is 0. The zero-order chi connectivity index (χ0) is 18.1. The van der Waals surface area contributed by atoms with Gasteiger partial charge in [-0.3, -0.25) is 0 Å². The summed E-state index contributed by atoms with van der Waals surface area (Å²) in [7, 11) is 2.04. The van der Waals surface area contributed by atoms with Crippen LogP contribution in [0.15, 0.2) is 12.4 Å². The summed E-state index contributed by atoms with van der Waals surface area (Å²) in [6.45, 7) is 6.12. The summed E-state index contributed by atoms with van der Waals surface area (Å²) in [5, 5.41) is 8.86. The fourth-order valence-electron chi connectivity index (χ4n) is 4.03. The quantitative estimate of drug-likeness (QED) is 0.839. The maximum atomic E-state index is 12.5. The number of aromatic nitrogens is 5. The number of hydrogen-bond acceptors (Lipinski definition) is 4. The summed E-state index contributed by atoms with van der Waals surface area (Å²) in [6, 6.07) is 0.218. The number of likely N-dealkylation sites (tertiary alicyclic amines) is 2. The third-order valence-electron chi connectivity index (χ3n) is 5.74. The summed E-state index contributed by atoms with van der Waals surface area (Å²) in [4.78, 5) is 20.8. The zero-order valence-corrected chi connectivity index (χ0v) is 15.6. The maximum Gasteiger partial charge on any atom is 0.319 e. The molecule has 140 valence electrons. The van der Waals surface area contributed by atoms with E-state index in [4.69, 9.17) is 0 Å². The largest absolute Gasteiger partial charge is 0.328 e. The Hall–Kier alpha value is -2.38. The number of nitrogens with zero attached hydrogens (tertiary/aromatic N) is 7. The number of carbonyl (C=O) groups excluding carboxylic acids is 1. The van der Waals surface area contributed by atoms with Crippen LogP contribution < -0.4 is 0 Å². The maximum absolute atomic E-state index is 12.5. The molecule has 2 aromatic rings. The molecule has 0 saturated carbocycles. The first-order valence-electron chi connectivity index (χ1n) is 9.53. The number of urea groups is 1. The molecule has 2 aliphatic rings. The summed E-state index contributed by atoms with van der Waals surface area (Å²) >= 11 is 0. The Labute approximate surface area is 153 Å². The van der Waals surface area contributed by atoms with Crippen LogP contribution in [0.5, 0.6) is 0 Å². The highest BCUT2D eigenvalue weighted by Gasteiger charge is 2.30. The van der Waals surface area contributed by atoms with Crippen LogP contribution in [-0.4, -0.2) is 66.3 Å². The standard InChI is InChI=1S/C18H27N7O/c1-14-19-7-12-25(14)13-16-20-21-17(22(16)2)15-5-10-24(11-6-15)18(26)23-8-3-4-9-23/h7,12,15H,3-6,8-11,13H2,1-2H3. The third-order valence-corrected chi connectivity index (χ3v) is 5.74. The highest BCUT2D eigenvalue weighted by Crippen LogP contribution is 2.28. The molecular weight excluding hydrogens is 330 g/mol. The number of piperidine rings is 1. The van der Waals surface area contributed by atoms with Crippen LogP contribution in [0.4, 0.5) is 4.79 Å². The topological polar surface area (TPSA) is 72.1 Å². The van der Waals surface area contributed by atoms with Crippen molar-refractivity contribution >= 4 is 6.03 Å². The van der Waals surface area contributed by atoms with Crippen molar-refractivity contribution in [3.8, 4) is 0 Å². The van der Waals surface area contributed by atoms with E-state index in [-0.39, 0.29) is 6.03 Å². The zero-order valence-electron chi connectivity index (χ0n) is 15.6. The molecule has 4 rings (SSSR count). The average molecular weight is 357 g/mol. The Bertz CT molecular complexity index is 766. The fourth-order valence-corrected chi connectivity index (χ4v) is 4.03. The van der Waals surface area contributed by atoms with Crippen molar-refractivity contribution in [2.75, 3.05) is 26.2 Å². The Morgan fingerprint density at radius 2 is 1.81 bits per heavy atom. The van der Waals surface area contributed by atoms with E-state index in [1.807, 2.05) is 30.0 Å². The number of amides is 2. The van der Waals surface area contributed by atoms with Crippen LogP contribution in [0.3, 0.4) is 0 Å². The van der Waals surface area contributed by atoms with Crippen molar-refractivity contribution in [2.45, 2.75) is 45.1 Å². The van der Waals surface area contributed by atoms with E-state index in [9.17, 15) is 4.79 Å². The number of rotatable bonds is 3. The molecule has 0 aromatic carbocycles. The van der Waals surface area contributed by atoms with Gasteiger partial charge in [-0.05, 0) is 32.6 Å². The van der Waals surface area contributed by atoms with Crippen LogP contribution in [0.25, 0.3) is 0 Å². The molecule has 8 nitrogen and oxygen atoms in total. The van der Waals surface area contributed by atoms with Gasteiger partial charge in [-0.15, -0.1) is 10.2 Å². The minimum absolute atomic E-state index is 0.218. The first-order chi connectivity index (χ1) is 12.6. The average Bonchev–Trinajstić information content (AvgIpc) is 3.39. The summed E-state index contributed by atoms with van der Waals surface area (Å²) < 4.78 is 4.19. The third kappa shape index (κ3) is 3.20. The van der Waals surface area contributed by atoms with Gasteiger partial charge in [0.05, 0.1) is 6.54 Å². The first kappa shape index (κ1) is 17.1. The van der Waals surface area contributed by atoms with E-state index in [0.717, 1.165) is 69.3 Å². The van der Waals surface area contributed by atoms with Crippen LogP contribution in [0.1, 0.15) is 49.1 Å². The highest BCUT2D eigenvalue weighted by atomic mass is 16.2. The van der Waals surface area contributed by atoms with Crippen LogP contribution in [0, 0.1) is 6.92 Å². The van der Waals surface area contributed by atoms with Crippen molar-refractivity contribution in [3.05, 3.63) is 29.9 Å². The monoisotopic (exact) mass is 357 g/mol. The van der Waals surface area contributed by atoms with Crippen LogP contribution in [-0.2, 0) is 13.6 Å². The Morgan fingerprint density at radius 1 is 1.12 bits per heavy atom. The molecule has 2 amide bonds. The second-order valence-electron chi connectivity index (χ2n) is 7.37. The van der Waals surface area contributed by atoms with Crippen molar-refractivity contribution in [2.24, 2.45) is 7.05 Å². The van der Waals surface area contributed by atoms with E-state index >= 15 is 0 Å². The first-order valence-corrected chi connectivity index (χ1v) is 9.53. The SMILES string of the molecule is Cc1nccn1Cc1nnc(C2CCN(C(=O)N3CCCC3)CC2)n1C. The van der Waals surface area contributed by atoms with Gasteiger partial charge >= 0.3 is 6.03 Å². The van der Waals surface area contributed by atoms with Crippen molar-refractivity contribution in [1.82, 2.24) is 34.1 Å². The number of carbonyl (C=O) groups is 1. The minimum atomic E-state index is 0.218. The lowest BCUT2D eigenvalue weighted by molar-refractivity contribution is 0.147. The minimum Gasteiger partial charge on any atom is -0.328 e. The lowest BCUT2D eigenvalue weighted by Crippen LogP contribution is -2.45. The molecule has 0 spiro atoms. The van der Waals surface area contributed by atoms with Gasteiger partial charge in [-0.25, -0.2) is 9.78 Å². The second-order valence-corrected chi connectivity index (χ2v) is 7.37. The molecule has 0 aliphatic carbocycles. The second kappa shape index (κ2) is 7.09. The molecular formula is C18H27N7O. The Balaban J connectivity index is 1.38. The Kier molecular flexibility index (Phi) is 4.65. The predicted octanol–water partition coefficient (Wildman–Crippen LogP) is 1.76. The van der Waals surface area contributed by atoms with Gasteiger partial charge in [0.15, 0.2) is 5.82 Å². The number of aryl methyl sites for hydroxylation is 1. The number of imidazole rings is 1. The molecule has 2 saturated heterocycles. The molecule has 8 heteroatoms. The van der Waals surface area contributed by atoms with Crippen molar-refractivity contribution < 1.29 is 4.79 Å². The molecule has 26 heavy (non-hydrogen) atoms. The summed E-state index contributed by atoms with van der Waals surface area (Å²) in [6.07, 6.45) is 7.96. The van der Waals surface area contributed by atoms with E-state index in [1.54, 1.807) is 6.20 Å². The van der Waals surface area contributed by atoms with E-state index in [0.29, 0.717) is 12.5 Å². The van der Waals surface area contributed by atoms with Crippen LogP contribution >= 0.6 is 0 Å². The lowest BCUT2D eigenvalue weighted by Gasteiger charge is -2.34. The highest BCUT2D eigenvalue weighted by molar-refractivity contribution is 5.74. The molecule has 0 unspecified atom stereocenters. The van der Waals surface area contributed by atoms with Gasteiger partial charge in [0.25, 0.3) is 0 Å². The van der Waals surface area contributed by atoms with Gasteiger partial charge < -0.3 is 18.9 Å². The molecule has 0 radical (unpaired) electrons. The van der Waals surface area contributed by atoms with Gasteiger partial charge in [0, 0.05) is 51.5 Å². The van der Waals surface area contributed by atoms with Crippen molar-refractivity contribution in [3.63, 3.8) is 0 Å². The Morgan fingerprint density at radius 3 is 2.46 bits per heavy atom. The summed E-state index contributed by atoms with van der Waals surface area (Å²) in [5.41, 5.74) is 0. The molecule has 0 bridgehead atoms. The van der Waals surface area contributed by atoms with Gasteiger partial charge in [-0.1, -0.05) is 0 Å². The van der Waals surface area contributed by atoms with Gasteiger partial charge in [0.1, 0.15) is 11.6 Å². The molecule has 2 aromatic heterocycles. The van der Waals surface area contributed by atoms with E-state index in [1.165, 1.54) is 0 Å². The van der Waals surface area contributed by atoms with Gasteiger partial charge in [-0.2, -0.15) is 0 Å². The molecule has 2 fully saturated rings. The normalized spacial score (nSPS) is 18.7. The van der Waals surface area contributed by atoms with Crippen molar-refractivity contribution in [1.29, 1.82) is 0 Å². The van der Waals surface area contributed by atoms with Crippen LogP contribution in [0.2, 0.25) is 0 Å². The molecule has 4 heterocycles. The molecule has 2 aliphatic heterocycles. The van der Waals surface area contributed by atoms with E-state index in [2.05, 4.69) is 24.3 Å². The fraction of sp³-hybridized carbons (Fsp3) is 0.667. The molecule has 0 N–H and O–H groups in total.